The molecule has 62 valence electrons. The molecule has 11 heavy (non-hydrogen) atoms. The van der Waals surface area contributed by atoms with Gasteiger partial charge in [0.05, 0.1) is 5.88 Å². The van der Waals surface area contributed by atoms with Crippen LogP contribution in [0.1, 0.15) is 5.82 Å². The molecule has 0 aromatic carbocycles. The fraction of sp³-hybridized carbons (Fsp3) is 0.400. The Bertz CT molecular complexity index is 242. The highest BCUT2D eigenvalue weighted by Gasteiger charge is 2.32. The first-order valence-corrected chi connectivity index (χ1v) is 3.24. The van der Waals surface area contributed by atoms with Crippen molar-refractivity contribution in [2.45, 2.75) is 12.2 Å². The van der Waals surface area contributed by atoms with Gasteiger partial charge < -0.3 is 0 Å². The number of aromatic nitrogens is 2. The van der Waals surface area contributed by atoms with Crippen molar-refractivity contribution < 1.29 is 13.2 Å². The highest BCUT2D eigenvalue weighted by molar-refractivity contribution is 6.16. The summed E-state index contributed by atoms with van der Waals surface area (Å²) in [5, 5.41) is 0. The predicted molar refractivity (Wildman–Crippen MR) is 33.1 cm³/mol. The van der Waals surface area contributed by atoms with Crippen molar-refractivity contribution in [3.8, 4) is 0 Å². The molecule has 1 aromatic rings. The molecule has 0 fully saturated rings. The summed E-state index contributed by atoms with van der Waals surface area (Å²) < 4.78 is 35.9. The summed E-state index contributed by atoms with van der Waals surface area (Å²) in [5.41, 5.74) is 0. The Morgan fingerprint density at radius 2 is 2.18 bits per heavy atom. The molecule has 1 aromatic heterocycles. The van der Waals surface area contributed by atoms with Crippen molar-refractivity contribution >= 4 is 11.6 Å². The van der Waals surface area contributed by atoms with E-state index in [9.17, 15) is 13.2 Å². The van der Waals surface area contributed by atoms with Crippen LogP contribution < -0.4 is 0 Å². The van der Waals surface area contributed by atoms with Crippen molar-refractivity contribution in [3.63, 3.8) is 0 Å². The Morgan fingerprint density at radius 1 is 1.55 bits per heavy atom. The van der Waals surface area contributed by atoms with Crippen molar-refractivity contribution in [1.29, 1.82) is 0 Å². The zero-order valence-corrected chi connectivity index (χ0v) is 6.02. The second-order valence-electron chi connectivity index (χ2n) is 1.81. The fourth-order valence-electron chi connectivity index (χ4n) is 0.664. The largest absolute Gasteiger partial charge is 0.489 e. The molecule has 1 heterocycles. The third-order valence-corrected chi connectivity index (χ3v) is 1.35. The predicted octanol–water partition coefficient (Wildman–Crippen LogP) is 2.10. The number of imidazole rings is 1. The number of hydrogen-bond acceptors (Lipinski definition) is 1. The van der Waals surface area contributed by atoms with Gasteiger partial charge in [-0.15, -0.1) is 24.8 Å². The molecular weight excluding hydrogens is 181 g/mol. The Kier molecular flexibility index (Phi) is 2.08. The summed E-state index contributed by atoms with van der Waals surface area (Å²) in [5.74, 6) is -0.439. The second-order valence-corrected chi connectivity index (χ2v) is 2.08. The quantitative estimate of drug-likeness (QED) is 0.611. The number of rotatable bonds is 1. The van der Waals surface area contributed by atoms with Gasteiger partial charge in [-0.05, 0) is 0 Å². The third-order valence-electron chi connectivity index (χ3n) is 1.11. The minimum atomic E-state index is -4.42. The molecule has 0 N–H and O–H groups in total. The van der Waals surface area contributed by atoms with Gasteiger partial charge in [-0.1, -0.05) is 0 Å². The van der Waals surface area contributed by atoms with E-state index in [4.69, 9.17) is 11.6 Å². The van der Waals surface area contributed by atoms with Gasteiger partial charge in [0.15, 0.2) is 0 Å². The Labute approximate surface area is 65.6 Å². The molecule has 0 amide bonds. The van der Waals surface area contributed by atoms with E-state index in [0.29, 0.717) is 0 Å². The molecule has 0 saturated carbocycles. The molecule has 0 unspecified atom stereocenters. The van der Waals surface area contributed by atoms with Gasteiger partial charge in [0, 0.05) is 12.4 Å². The number of alkyl halides is 4. The first-order chi connectivity index (χ1) is 5.05. The standard InChI is InChI=1S/C5H4ClF3N2/c6-3-4-10-1-2-11(4)5(7,8)9/h1-2H,3H2. The molecule has 0 saturated heterocycles. The molecule has 0 atom stereocenters. The second kappa shape index (κ2) is 2.73. The van der Waals surface area contributed by atoms with E-state index < -0.39 is 6.30 Å². The lowest BCUT2D eigenvalue weighted by Gasteiger charge is -2.08. The van der Waals surface area contributed by atoms with E-state index in [1.807, 2.05) is 0 Å². The minimum Gasteiger partial charge on any atom is -0.244 e. The lowest BCUT2D eigenvalue weighted by atomic mass is 10.7. The summed E-state index contributed by atoms with van der Waals surface area (Å²) in [7, 11) is 0. The fourth-order valence-corrected chi connectivity index (χ4v) is 0.862. The molecule has 2 nitrogen and oxygen atoms in total. The van der Waals surface area contributed by atoms with Crippen LogP contribution >= 0.6 is 11.6 Å². The van der Waals surface area contributed by atoms with Gasteiger partial charge in [-0.25, -0.2) is 9.55 Å². The Balaban J connectivity index is 3.02. The van der Waals surface area contributed by atoms with Crippen molar-refractivity contribution in [3.05, 3.63) is 18.2 Å². The maximum absolute atomic E-state index is 11.9. The van der Waals surface area contributed by atoms with Crippen molar-refractivity contribution in [1.82, 2.24) is 9.55 Å². The normalized spacial score (nSPS) is 12.0. The maximum Gasteiger partial charge on any atom is 0.489 e. The zero-order chi connectivity index (χ0) is 8.48. The molecule has 0 bridgehead atoms. The third kappa shape index (κ3) is 1.65. The van der Waals surface area contributed by atoms with Crippen LogP contribution in [-0.4, -0.2) is 9.55 Å². The number of nitrogens with zero attached hydrogens (tertiary/aromatic N) is 2. The number of halogens is 4. The van der Waals surface area contributed by atoms with E-state index in [-0.39, 0.29) is 16.3 Å². The van der Waals surface area contributed by atoms with Crippen LogP contribution in [0.3, 0.4) is 0 Å². The average Bonchev–Trinajstić information content (AvgIpc) is 2.31. The van der Waals surface area contributed by atoms with E-state index in [1.165, 1.54) is 0 Å². The smallest absolute Gasteiger partial charge is 0.244 e. The SMILES string of the molecule is FC(F)(F)n1ccnc1CCl. The van der Waals surface area contributed by atoms with Crippen LogP contribution in [0, 0.1) is 0 Å². The molecule has 0 spiro atoms. The van der Waals surface area contributed by atoms with Gasteiger partial charge in [0.25, 0.3) is 0 Å². The van der Waals surface area contributed by atoms with Gasteiger partial charge >= 0.3 is 6.30 Å². The highest BCUT2D eigenvalue weighted by Crippen LogP contribution is 2.23. The Morgan fingerprint density at radius 3 is 2.55 bits per heavy atom. The van der Waals surface area contributed by atoms with E-state index in [1.54, 1.807) is 0 Å². The first kappa shape index (κ1) is 8.39. The Hall–Kier alpha value is -0.710. The average molecular weight is 185 g/mol. The summed E-state index contributed by atoms with van der Waals surface area (Å²) in [6.45, 7) is 0. The molecular formula is C5H4ClF3N2. The van der Waals surface area contributed by atoms with Crippen LogP contribution in [-0.2, 0) is 12.2 Å². The van der Waals surface area contributed by atoms with Crippen LogP contribution in [0.15, 0.2) is 12.4 Å². The number of hydrogen-bond donors (Lipinski definition) is 0. The van der Waals surface area contributed by atoms with Gasteiger partial charge in [-0.2, -0.15) is 0 Å². The molecule has 0 aliphatic carbocycles. The summed E-state index contributed by atoms with van der Waals surface area (Å²) in [4.78, 5) is 3.41. The van der Waals surface area contributed by atoms with Gasteiger partial charge in [-0.3, -0.25) is 0 Å². The van der Waals surface area contributed by atoms with Gasteiger partial charge in [0.1, 0.15) is 5.82 Å². The van der Waals surface area contributed by atoms with Crippen LogP contribution in [0.2, 0.25) is 0 Å². The topological polar surface area (TPSA) is 17.8 Å². The first-order valence-electron chi connectivity index (χ1n) is 2.71. The van der Waals surface area contributed by atoms with E-state index in [0.717, 1.165) is 12.4 Å². The molecule has 0 aliphatic rings. The van der Waals surface area contributed by atoms with Crippen LogP contribution in [0.25, 0.3) is 0 Å². The van der Waals surface area contributed by atoms with Crippen LogP contribution in [0.4, 0.5) is 13.2 Å². The van der Waals surface area contributed by atoms with E-state index >= 15 is 0 Å². The van der Waals surface area contributed by atoms with Crippen LogP contribution in [0.5, 0.6) is 0 Å². The summed E-state index contributed by atoms with van der Waals surface area (Å²) >= 11 is 5.20. The lowest BCUT2D eigenvalue weighted by molar-refractivity contribution is -0.205. The highest BCUT2D eigenvalue weighted by atomic mass is 35.5. The minimum absolute atomic E-state index is 0.0833. The molecule has 0 radical (unpaired) electrons. The zero-order valence-electron chi connectivity index (χ0n) is 5.27. The van der Waals surface area contributed by atoms with Crippen molar-refractivity contribution in [2.24, 2.45) is 0 Å². The van der Waals surface area contributed by atoms with Crippen molar-refractivity contribution in [2.75, 3.05) is 0 Å². The monoisotopic (exact) mass is 184 g/mol. The summed E-state index contributed by atoms with van der Waals surface area (Å²) in [6.07, 6.45) is -2.52. The van der Waals surface area contributed by atoms with E-state index in [2.05, 4.69) is 4.98 Å². The lowest BCUT2D eigenvalue weighted by Crippen LogP contribution is -2.17. The molecule has 0 aliphatic heterocycles. The molecule has 6 heteroatoms. The summed E-state index contributed by atoms with van der Waals surface area (Å²) in [6, 6.07) is 0. The van der Waals surface area contributed by atoms with Gasteiger partial charge in [0.2, 0.25) is 0 Å². The molecule has 1 rings (SSSR count). The maximum atomic E-state index is 11.9.